The molecule has 0 spiro atoms. The predicted molar refractivity (Wildman–Crippen MR) is 38.9 cm³/mol. The van der Waals surface area contributed by atoms with E-state index in [1.165, 1.54) is 6.08 Å². The standard InChI is InChI=1S/C7H10N2O/c1-3-8-9-7(2)5-4-6-10/h5,10H,3H2,1-2H3/b7-5-,9-8-. The van der Waals surface area contributed by atoms with E-state index in [9.17, 15) is 0 Å². The maximum Gasteiger partial charge on any atom is 0.112 e. The summed E-state index contributed by atoms with van der Waals surface area (Å²) in [6, 6.07) is 0. The van der Waals surface area contributed by atoms with Gasteiger partial charge in [0, 0.05) is 6.08 Å². The van der Waals surface area contributed by atoms with Gasteiger partial charge < -0.3 is 5.11 Å². The molecule has 0 radical (unpaired) electrons. The maximum atomic E-state index is 8.06. The minimum Gasteiger partial charge on any atom is -0.462 e. The maximum absolute atomic E-state index is 8.06. The highest BCUT2D eigenvalue weighted by Gasteiger charge is 1.77. The Morgan fingerprint density at radius 2 is 2.40 bits per heavy atom. The van der Waals surface area contributed by atoms with E-state index in [2.05, 4.69) is 16.1 Å². The quantitative estimate of drug-likeness (QED) is 0.458. The summed E-state index contributed by atoms with van der Waals surface area (Å²) in [6.45, 7) is 4.33. The molecule has 0 aliphatic heterocycles. The number of azo groups is 1. The molecule has 0 saturated carbocycles. The number of nitrogens with zero attached hydrogens (tertiary/aromatic N) is 2. The molecule has 3 heteroatoms. The fourth-order valence-electron chi connectivity index (χ4n) is 0.348. The lowest BCUT2D eigenvalue weighted by Gasteiger charge is -1.82. The number of hydrogen-bond donors (Lipinski definition) is 1. The largest absolute Gasteiger partial charge is 0.462 e. The van der Waals surface area contributed by atoms with Crippen LogP contribution in [0, 0.1) is 12.0 Å². The molecular weight excluding hydrogens is 128 g/mol. The Kier molecular flexibility index (Phi) is 5.07. The first-order valence-corrected chi connectivity index (χ1v) is 3.00. The molecule has 0 atom stereocenters. The Bertz CT molecular complexity index is 195. The molecule has 0 aromatic rings. The Morgan fingerprint density at radius 3 is 2.90 bits per heavy atom. The van der Waals surface area contributed by atoms with E-state index in [-0.39, 0.29) is 0 Å². The molecule has 0 aliphatic rings. The molecule has 1 N–H and O–H groups in total. The van der Waals surface area contributed by atoms with Crippen molar-refractivity contribution in [1.82, 2.24) is 0 Å². The molecule has 10 heavy (non-hydrogen) atoms. The normalized spacial score (nSPS) is 11.2. The number of hydrogen-bond acceptors (Lipinski definition) is 3. The van der Waals surface area contributed by atoms with Crippen LogP contribution in [0.2, 0.25) is 0 Å². The monoisotopic (exact) mass is 138 g/mol. The molecule has 0 heterocycles. The third-order valence-corrected chi connectivity index (χ3v) is 0.715. The van der Waals surface area contributed by atoms with Crippen molar-refractivity contribution in [3.05, 3.63) is 11.8 Å². The molecule has 0 unspecified atom stereocenters. The number of aliphatic hydroxyl groups is 1. The smallest absolute Gasteiger partial charge is 0.112 e. The highest BCUT2D eigenvalue weighted by molar-refractivity contribution is 5.16. The summed E-state index contributed by atoms with van der Waals surface area (Å²) in [6.07, 6.45) is 3.25. The van der Waals surface area contributed by atoms with Crippen LogP contribution in [0.5, 0.6) is 0 Å². The molecule has 0 aromatic heterocycles. The molecule has 0 aliphatic carbocycles. The molecule has 0 rings (SSSR count). The second kappa shape index (κ2) is 5.83. The van der Waals surface area contributed by atoms with E-state index >= 15 is 0 Å². The second-order valence-corrected chi connectivity index (χ2v) is 1.60. The van der Waals surface area contributed by atoms with Gasteiger partial charge in [0.15, 0.2) is 0 Å². The summed E-state index contributed by atoms with van der Waals surface area (Å²) in [5.41, 5.74) is 0.698. The van der Waals surface area contributed by atoms with Crippen LogP contribution in [-0.2, 0) is 0 Å². The van der Waals surface area contributed by atoms with Gasteiger partial charge in [0.2, 0.25) is 0 Å². The van der Waals surface area contributed by atoms with Gasteiger partial charge in [-0.15, -0.1) is 0 Å². The van der Waals surface area contributed by atoms with Crippen LogP contribution in [0.25, 0.3) is 0 Å². The van der Waals surface area contributed by atoms with E-state index in [4.69, 9.17) is 5.11 Å². The topological polar surface area (TPSA) is 45.0 Å². The van der Waals surface area contributed by atoms with Gasteiger partial charge in [-0.25, -0.2) is 0 Å². The lowest BCUT2D eigenvalue weighted by atomic mass is 10.5. The first-order valence-electron chi connectivity index (χ1n) is 3.00. The van der Waals surface area contributed by atoms with Gasteiger partial charge in [0.25, 0.3) is 0 Å². The van der Waals surface area contributed by atoms with E-state index in [0.29, 0.717) is 12.2 Å². The molecule has 3 nitrogen and oxygen atoms in total. The Hall–Kier alpha value is -1.30. The minimum atomic E-state index is 0.664. The van der Waals surface area contributed by atoms with Crippen molar-refractivity contribution in [1.29, 1.82) is 0 Å². The van der Waals surface area contributed by atoms with Crippen molar-refractivity contribution in [2.45, 2.75) is 13.8 Å². The van der Waals surface area contributed by atoms with Crippen LogP contribution in [0.4, 0.5) is 0 Å². The molecule has 0 fully saturated rings. The van der Waals surface area contributed by atoms with Crippen molar-refractivity contribution in [3.63, 3.8) is 0 Å². The zero-order valence-electron chi connectivity index (χ0n) is 6.13. The fourth-order valence-corrected chi connectivity index (χ4v) is 0.348. The van der Waals surface area contributed by atoms with Crippen molar-refractivity contribution >= 4 is 0 Å². The van der Waals surface area contributed by atoms with Gasteiger partial charge in [-0.3, -0.25) is 0 Å². The van der Waals surface area contributed by atoms with Crippen molar-refractivity contribution in [2.75, 3.05) is 6.54 Å². The number of rotatable bonds is 2. The van der Waals surface area contributed by atoms with E-state index < -0.39 is 0 Å². The molecule has 0 saturated heterocycles. The summed E-state index contributed by atoms with van der Waals surface area (Å²) >= 11 is 0. The van der Waals surface area contributed by atoms with E-state index in [0.717, 1.165) is 0 Å². The fraction of sp³-hybridized carbons (Fsp3) is 0.429. The predicted octanol–water partition coefficient (Wildman–Crippen LogP) is 1.70. The average molecular weight is 138 g/mol. The van der Waals surface area contributed by atoms with Crippen LogP contribution < -0.4 is 0 Å². The minimum absolute atomic E-state index is 0.664. The second-order valence-electron chi connectivity index (χ2n) is 1.60. The molecule has 54 valence electrons. The zero-order valence-corrected chi connectivity index (χ0v) is 6.13. The number of aliphatic hydroxyl groups excluding tert-OH is 1. The SMILES string of the molecule is CC/N=N\C(C)=C/C#CO. The van der Waals surface area contributed by atoms with Gasteiger partial charge in [-0.1, -0.05) is 0 Å². The van der Waals surface area contributed by atoms with Crippen molar-refractivity contribution in [2.24, 2.45) is 10.2 Å². The summed E-state index contributed by atoms with van der Waals surface area (Å²) in [7, 11) is 0. The van der Waals surface area contributed by atoms with Crippen molar-refractivity contribution < 1.29 is 5.11 Å². The van der Waals surface area contributed by atoms with Crippen LogP contribution in [0.1, 0.15) is 13.8 Å². The van der Waals surface area contributed by atoms with Gasteiger partial charge in [0.1, 0.15) is 6.11 Å². The summed E-state index contributed by atoms with van der Waals surface area (Å²) in [5.74, 6) is 2.35. The first kappa shape index (κ1) is 8.70. The van der Waals surface area contributed by atoms with Gasteiger partial charge in [0.05, 0.1) is 12.2 Å². The zero-order chi connectivity index (χ0) is 7.82. The van der Waals surface area contributed by atoms with Gasteiger partial charge in [-0.05, 0) is 19.8 Å². The van der Waals surface area contributed by atoms with Crippen LogP contribution in [-0.4, -0.2) is 11.7 Å². The van der Waals surface area contributed by atoms with E-state index in [1.807, 2.05) is 6.92 Å². The molecular formula is C7H10N2O. The third kappa shape index (κ3) is 4.85. The third-order valence-electron chi connectivity index (χ3n) is 0.715. The summed E-state index contributed by atoms with van der Waals surface area (Å²) in [4.78, 5) is 0. The van der Waals surface area contributed by atoms with Gasteiger partial charge in [-0.2, -0.15) is 10.2 Å². The van der Waals surface area contributed by atoms with Crippen LogP contribution in [0.15, 0.2) is 22.0 Å². The lowest BCUT2D eigenvalue weighted by Crippen LogP contribution is -1.68. The Labute approximate surface area is 60.5 Å². The Balaban J connectivity index is 3.90. The number of allylic oxidation sites excluding steroid dienone is 2. The molecule has 0 bridgehead atoms. The Morgan fingerprint density at radius 1 is 1.70 bits per heavy atom. The van der Waals surface area contributed by atoms with Crippen LogP contribution >= 0.6 is 0 Å². The lowest BCUT2D eigenvalue weighted by molar-refractivity contribution is 0.517. The summed E-state index contributed by atoms with van der Waals surface area (Å²) < 4.78 is 0. The van der Waals surface area contributed by atoms with Crippen molar-refractivity contribution in [3.8, 4) is 12.0 Å². The van der Waals surface area contributed by atoms with Gasteiger partial charge >= 0.3 is 0 Å². The van der Waals surface area contributed by atoms with Crippen LogP contribution in [0.3, 0.4) is 0 Å². The highest BCUT2D eigenvalue weighted by atomic mass is 16.2. The summed E-state index contributed by atoms with van der Waals surface area (Å²) in [5, 5.41) is 15.5. The average Bonchev–Trinajstić information content (AvgIpc) is 1.97. The highest BCUT2D eigenvalue weighted by Crippen LogP contribution is 1.93. The molecule has 0 amide bonds. The van der Waals surface area contributed by atoms with E-state index in [1.54, 1.807) is 13.0 Å². The first-order chi connectivity index (χ1) is 4.81. The molecule has 0 aromatic carbocycles.